The molecule has 1 aromatic heterocycles. The number of benzene rings is 2. The molecule has 0 unspecified atom stereocenters. The number of fused-ring (bicyclic) bond motifs is 1. The largest absolute Gasteiger partial charge is 0.376 e. The highest BCUT2D eigenvalue weighted by atomic mass is 35.5. The SMILES string of the molecule is CCc1ccc(-c2cc(C(=O)NC[C@@H]3CCCO3)c3cccc(Cl)c3n2)cc1. The van der Waals surface area contributed by atoms with Gasteiger partial charge in [0.25, 0.3) is 5.91 Å². The molecule has 144 valence electrons. The van der Waals surface area contributed by atoms with Crippen molar-refractivity contribution >= 4 is 28.4 Å². The van der Waals surface area contributed by atoms with Crippen LogP contribution in [0.1, 0.15) is 35.7 Å². The van der Waals surface area contributed by atoms with E-state index in [1.807, 2.05) is 30.3 Å². The Labute approximate surface area is 169 Å². The number of para-hydroxylation sites is 1. The van der Waals surface area contributed by atoms with Gasteiger partial charge in [-0.1, -0.05) is 54.9 Å². The number of nitrogens with one attached hydrogen (secondary N) is 1. The van der Waals surface area contributed by atoms with E-state index >= 15 is 0 Å². The molecule has 1 fully saturated rings. The average molecular weight is 395 g/mol. The van der Waals surface area contributed by atoms with E-state index in [-0.39, 0.29) is 12.0 Å². The van der Waals surface area contributed by atoms with E-state index < -0.39 is 0 Å². The van der Waals surface area contributed by atoms with Gasteiger partial charge in [0.2, 0.25) is 0 Å². The molecule has 1 amide bonds. The fourth-order valence-corrected chi connectivity index (χ4v) is 3.78. The van der Waals surface area contributed by atoms with Crippen molar-refractivity contribution in [3.63, 3.8) is 0 Å². The Morgan fingerprint density at radius 1 is 1.25 bits per heavy atom. The summed E-state index contributed by atoms with van der Waals surface area (Å²) in [5, 5.41) is 4.31. The van der Waals surface area contributed by atoms with Gasteiger partial charge in [0.15, 0.2) is 0 Å². The number of carbonyl (C=O) groups is 1. The maximum atomic E-state index is 13.0. The summed E-state index contributed by atoms with van der Waals surface area (Å²) in [6.45, 7) is 3.41. The highest BCUT2D eigenvalue weighted by molar-refractivity contribution is 6.35. The molecule has 0 bridgehead atoms. The van der Waals surface area contributed by atoms with Gasteiger partial charge in [-0.3, -0.25) is 4.79 Å². The number of nitrogens with zero attached hydrogens (tertiary/aromatic N) is 1. The van der Waals surface area contributed by atoms with E-state index in [4.69, 9.17) is 21.3 Å². The van der Waals surface area contributed by atoms with Crippen LogP contribution in [0.3, 0.4) is 0 Å². The Bertz CT molecular complexity index is 995. The van der Waals surface area contributed by atoms with Crippen molar-refractivity contribution in [2.24, 2.45) is 0 Å². The number of pyridine rings is 1. The minimum atomic E-state index is -0.128. The summed E-state index contributed by atoms with van der Waals surface area (Å²) in [4.78, 5) is 17.7. The van der Waals surface area contributed by atoms with Crippen LogP contribution in [-0.2, 0) is 11.2 Å². The van der Waals surface area contributed by atoms with Gasteiger partial charge in [-0.15, -0.1) is 0 Å². The van der Waals surface area contributed by atoms with Crippen molar-refractivity contribution in [1.29, 1.82) is 0 Å². The van der Waals surface area contributed by atoms with E-state index in [0.717, 1.165) is 42.5 Å². The molecule has 0 spiro atoms. The first kappa shape index (κ1) is 18.9. The van der Waals surface area contributed by atoms with Crippen molar-refractivity contribution in [3.8, 4) is 11.3 Å². The second-order valence-electron chi connectivity index (χ2n) is 7.09. The van der Waals surface area contributed by atoms with Crippen LogP contribution in [-0.4, -0.2) is 30.1 Å². The standard InChI is InChI=1S/C23H23ClN2O2/c1-2-15-8-10-16(11-9-15)21-13-19(18-6-3-7-20(24)22(18)26-21)23(27)25-14-17-5-4-12-28-17/h3,6-11,13,17H,2,4-5,12,14H2,1H3,(H,25,27)/t17-/m0/s1. The van der Waals surface area contributed by atoms with Gasteiger partial charge in [0.05, 0.1) is 27.9 Å². The minimum Gasteiger partial charge on any atom is -0.376 e. The summed E-state index contributed by atoms with van der Waals surface area (Å²) >= 11 is 6.41. The van der Waals surface area contributed by atoms with Gasteiger partial charge < -0.3 is 10.1 Å². The van der Waals surface area contributed by atoms with E-state index in [1.165, 1.54) is 5.56 Å². The Morgan fingerprint density at radius 2 is 2.07 bits per heavy atom. The smallest absolute Gasteiger partial charge is 0.252 e. The van der Waals surface area contributed by atoms with Crippen molar-refractivity contribution in [1.82, 2.24) is 10.3 Å². The van der Waals surface area contributed by atoms with Crippen molar-refractivity contribution in [2.45, 2.75) is 32.3 Å². The summed E-state index contributed by atoms with van der Waals surface area (Å²) in [7, 11) is 0. The van der Waals surface area contributed by atoms with Gasteiger partial charge in [0.1, 0.15) is 0 Å². The van der Waals surface area contributed by atoms with Crippen LogP contribution in [0.5, 0.6) is 0 Å². The third-order valence-corrected chi connectivity index (χ3v) is 5.51. The Morgan fingerprint density at radius 3 is 2.79 bits per heavy atom. The summed E-state index contributed by atoms with van der Waals surface area (Å²) in [6, 6.07) is 15.6. The monoisotopic (exact) mass is 394 g/mol. The number of carbonyl (C=O) groups excluding carboxylic acids is 1. The predicted octanol–water partition coefficient (Wildman–Crippen LogP) is 5.03. The van der Waals surface area contributed by atoms with Crippen LogP contribution in [0.25, 0.3) is 22.2 Å². The fraction of sp³-hybridized carbons (Fsp3) is 0.304. The zero-order valence-electron chi connectivity index (χ0n) is 15.9. The zero-order valence-corrected chi connectivity index (χ0v) is 16.6. The average Bonchev–Trinajstić information content (AvgIpc) is 3.25. The van der Waals surface area contributed by atoms with Gasteiger partial charge in [0, 0.05) is 24.1 Å². The molecule has 3 aromatic rings. The van der Waals surface area contributed by atoms with E-state index in [9.17, 15) is 4.79 Å². The van der Waals surface area contributed by atoms with E-state index in [0.29, 0.717) is 22.6 Å². The van der Waals surface area contributed by atoms with Gasteiger partial charge in [-0.2, -0.15) is 0 Å². The molecule has 4 rings (SSSR count). The number of rotatable bonds is 5. The molecule has 1 N–H and O–H groups in total. The minimum absolute atomic E-state index is 0.0988. The Balaban J connectivity index is 1.72. The second kappa shape index (κ2) is 8.29. The number of ether oxygens (including phenoxy) is 1. The lowest BCUT2D eigenvalue weighted by Crippen LogP contribution is -2.32. The van der Waals surface area contributed by atoms with Gasteiger partial charge in [-0.05, 0) is 37.0 Å². The summed E-state index contributed by atoms with van der Waals surface area (Å²) in [5.41, 5.74) is 4.19. The third-order valence-electron chi connectivity index (χ3n) is 5.21. The lowest BCUT2D eigenvalue weighted by molar-refractivity contribution is 0.0859. The number of aryl methyl sites for hydroxylation is 1. The molecular weight excluding hydrogens is 372 g/mol. The predicted molar refractivity (Wildman–Crippen MR) is 113 cm³/mol. The number of amides is 1. The molecule has 2 aromatic carbocycles. The molecule has 0 radical (unpaired) electrons. The second-order valence-corrected chi connectivity index (χ2v) is 7.49. The van der Waals surface area contributed by atoms with Crippen molar-refractivity contribution in [2.75, 3.05) is 13.2 Å². The Hall–Kier alpha value is -2.43. The normalized spacial score (nSPS) is 16.4. The van der Waals surface area contributed by atoms with Gasteiger partial charge >= 0.3 is 0 Å². The summed E-state index contributed by atoms with van der Waals surface area (Å²) in [5.74, 6) is -0.128. The number of hydrogen-bond donors (Lipinski definition) is 1. The van der Waals surface area contributed by atoms with Crippen molar-refractivity contribution < 1.29 is 9.53 Å². The first-order valence-electron chi connectivity index (χ1n) is 9.74. The highest BCUT2D eigenvalue weighted by Gasteiger charge is 2.19. The number of halogens is 1. The molecule has 1 saturated heterocycles. The van der Waals surface area contributed by atoms with Crippen molar-refractivity contribution in [3.05, 3.63) is 64.7 Å². The molecule has 4 nitrogen and oxygen atoms in total. The Kier molecular flexibility index (Phi) is 5.60. The van der Waals surface area contributed by atoms with E-state index in [2.05, 4.69) is 24.4 Å². The molecule has 1 aliphatic rings. The lowest BCUT2D eigenvalue weighted by Gasteiger charge is -2.14. The number of hydrogen-bond acceptors (Lipinski definition) is 3. The molecule has 5 heteroatoms. The van der Waals surface area contributed by atoms with Crippen LogP contribution >= 0.6 is 11.6 Å². The van der Waals surface area contributed by atoms with Gasteiger partial charge in [-0.25, -0.2) is 4.98 Å². The molecule has 0 saturated carbocycles. The maximum absolute atomic E-state index is 13.0. The number of aromatic nitrogens is 1. The summed E-state index contributed by atoms with van der Waals surface area (Å²) in [6.07, 6.45) is 3.11. The summed E-state index contributed by atoms with van der Waals surface area (Å²) < 4.78 is 5.61. The third kappa shape index (κ3) is 3.89. The van der Waals surface area contributed by atoms with Crippen LogP contribution in [0.2, 0.25) is 5.02 Å². The van der Waals surface area contributed by atoms with Crippen LogP contribution in [0.4, 0.5) is 0 Å². The first-order valence-corrected chi connectivity index (χ1v) is 10.1. The topological polar surface area (TPSA) is 51.2 Å². The zero-order chi connectivity index (χ0) is 19.5. The lowest BCUT2D eigenvalue weighted by atomic mass is 10.0. The molecule has 1 aliphatic heterocycles. The highest BCUT2D eigenvalue weighted by Crippen LogP contribution is 2.29. The fourth-order valence-electron chi connectivity index (χ4n) is 3.57. The first-order chi connectivity index (χ1) is 13.7. The van der Waals surface area contributed by atoms with Crippen LogP contribution in [0, 0.1) is 0 Å². The maximum Gasteiger partial charge on any atom is 0.252 e. The van der Waals surface area contributed by atoms with Crippen LogP contribution in [0.15, 0.2) is 48.5 Å². The molecule has 2 heterocycles. The molecule has 0 aliphatic carbocycles. The molecular formula is C23H23ClN2O2. The quantitative estimate of drug-likeness (QED) is 0.660. The van der Waals surface area contributed by atoms with Crippen LogP contribution < -0.4 is 5.32 Å². The van der Waals surface area contributed by atoms with E-state index in [1.54, 1.807) is 6.07 Å². The molecule has 1 atom stereocenters. The molecule has 28 heavy (non-hydrogen) atoms.